The average molecular weight is 407 g/mol. The lowest BCUT2D eigenvalue weighted by Gasteiger charge is -2.18. The maximum absolute atomic E-state index is 6.20. The van der Waals surface area contributed by atoms with E-state index in [1.54, 1.807) is 0 Å². The summed E-state index contributed by atoms with van der Waals surface area (Å²) in [7, 11) is 2.20. The predicted molar refractivity (Wildman–Crippen MR) is 84.6 cm³/mol. The number of furan rings is 1. The summed E-state index contributed by atoms with van der Waals surface area (Å²) in [6, 6.07) is 12.7. The summed E-state index contributed by atoms with van der Waals surface area (Å²) in [6.07, 6.45) is 4.93. The van der Waals surface area contributed by atoms with Crippen LogP contribution in [-0.2, 0) is 0 Å². The standard InChI is InChI=1S/C18H18N2O.HI/c1-12-8-9-15-14-6-4-5-7-16(14)21-18(15)17(12)20-11-10-19(3)13(20)2;/h4-11,13H,1-3H3;1H/p+1. The van der Waals surface area contributed by atoms with Crippen LogP contribution < -0.4 is 33.8 Å². The maximum Gasteiger partial charge on any atom is 0.223 e. The Labute approximate surface area is 147 Å². The molecule has 3 atom stereocenters. The number of aryl methyl sites for hydroxylation is 1. The third kappa shape index (κ3) is 2.17. The van der Waals surface area contributed by atoms with Crippen LogP contribution in [0.15, 0.2) is 53.2 Å². The van der Waals surface area contributed by atoms with Crippen molar-refractivity contribution in [2.45, 2.75) is 20.0 Å². The zero-order valence-electron chi connectivity index (χ0n) is 13.0. The molecule has 0 fully saturated rings. The van der Waals surface area contributed by atoms with Crippen molar-refractivity contribution in [2.24, 2.45) is 0 Å². The molecule has 0 spiro atoms. The molecular weight excluding hydrogens is 387 g/mol. The summed E-state index contributed by atoms with van der Waals surface area (Å²) < 4.78 is 6.20. The molecular formula is C18H20IN2O+. The van der Waals surface area contributed by atoms with E-state index in [0.717, 1.165) is 11.2 Å². The van der Waals surface area contributed by atoms with Crippen molar-refractivity contribution in [3.05, 3.63) is 54.4 Å². The summed E-state index contributed by atoms with van der Waals surface area (Å²) in [5.41, 5.74) is 4.54. The lowest BCUT2D eigenvalue weighted by molar-refractivity contribution is -1.01. The van der Waals surface area contributed by atoms with E-state index in [2.05, 4.69) is 57.6 Å². The summed E-state index contributed by atoms with van der Waals surface area (Å²) in [5.74, 6) is 0. The summed E-state index contributed by atoms with van der Waals surface area (Å²) in [6.45, 7) is 4.44. The van der Waals surface area contributed by atoms with Crippen LogP contribution in [0.1, 0.15) is 12.5 Å². The highest BCUT2D eigenvalue weighted by Gasteiger charge is 2.34. The van der Waals surface area contributed by atoms with Gasteiger partial charge in [0.1, 0.15) is 5.58 Å². The SMILES string of the molecule is Cc1ccc2c(oc3ccccc32)c1[NH+]1C=C[NH+](C)C1C.[I-]. The minimum atomic E-state index is 0. The van der Waals surface area contributed by atoms with Gasteiger partial charge in [0.25, 0.3) is 0 Å². The Morgan fingerprint density at radius 2 is 1.77 bits per heavy atom. The van der Waals surface area contributed by atoms with E-state index < -0.39 is 0 Å². The van der Waals surface area contributed by atoms with E-state index in [1.807, 2.05) is 12.1 Å². The van der Waals surface area contributed by atoms with Gasteiger partial charge in [-0.1, -0.05) is 24.3 Å². The van der Waals surface area contributed by atoms with Crippen molar-refractivity contribution in [2.75, 3.05) is 7.05 Å². The molecule has 22 heavy (non-hydrogen) atoms. The third-order valence-electron chi connectivity index (χ3n) is 4.72. The number of para-hydroxylation sites is 1. The Morgan fingerprint density at radius 1 is 1.00 bits per heavy atom. The van der Waals surface area contributed by atoms with Crippen molar-refractivity contribution in [3.63, 3.8) is 0 Å². The highest BCUT2D eigenvalue weighted by atomic mass is 127. The number of benzene rings is 2. The number of quaternary nitrogens is 2. The normalized spacial score (nSPS) is 24.0. The Hall–Kier alpha value is -1.37. The number of rotatable bonds is 1. The molecule has 0 radical (unpaired) electrons. The second kappa shape index (κ2) is 5.68. The highest BCUT2D eigenvalue weighted by Crippen LogP contribution is 2.33. The molecule has 2 aromatic carbocycles. The first-order valence-corrected chi connectivity index (χ1v) is 7.46. The molecule has 4 heteroatoms. The summed E-state index contributed by atoms with van der Waals surface area (Å²) >= 11 is 0. The molecule has 3 nitrogen and oxygen atoms in total. The average Bonchev–Trinajstić information content (AvgIpc) is 3.01. The summed E-state index contributed by atoms with van der Waals surface area (Å²) in [5, 5.41) is 2.41. The number of halogens is 1. The van der Waals surface area contributed by atoms with Crippen LogP contribution in [0.3, 0.4) is 0 Å². The fourth-order valence-electron chi connectivity index (χ4n) is 3.30. The zero-order chi connectivity index (χ0) is 14.6. The molecule has 114 valence electrons. The third-order valence-corrected chi connectivity index (χ3v) is 4.72. The van der Waals surface area contributed by atoms with Crippen LogP contribution in [0, 0.1) is 6.92 Å². The van der Waals surface area contributed by atoms with Gasteiger partial charge in [0.05, 0.1) is 7.05 Å². The van der Waals surface area contributed by atoms with Crippen LogP contribution in [-0.4, -0.2) is 13.2 Å². The molecule has 2 heterocycles. The molecule has 3 unspecified atom stereocenters. The lowest BCUT2D eigenvalue weighted by Crippen LogP contribution is -3.24. The van der Waals surface area contributed by atoms with Gasteiger partial charge in [0.15, 0.2) is 23.7 Å². The Morgan fingerprint density at radius 3 is 2.50 bits per heavy atom. The Kier molecular flexibility index (Phi) is 4.01. The second-order valence-electron chi connectivity index (χ2n) is 5.99. The van der Waals surface area contributed by atoms with Crippen molar-refractivity contribution in [3.8, 4) is 0 Å². The van der Waals surface area contributed by atoms with Crippen LogP contribution in [0.5, 0.6) is 0 Å². The van der Waals surface area contributed by atoms with E-state index in [-0.39, 0.29) is 24.0 Å². The molecule has 4 rings (SSSR count). The largest absolute Gasteiger partial charge is 1.00 e. The molecule has 3 aromatic rings. The van der Waals surface area contributed by atoms with Gasteiger partial charge in [0.2, 0.25) is 6.17 Å². The highest BCUT2D eigenvalue weighted by molar-refractivity contribution is 6.08. The van der Waals surface area contributed by atoms with Crippen LogP contribution in [0.4, 0.5) is 5.69 Å². The van der Waals surface area contributed by atoms with E-state index in [1.165, 1.54) is 31.8 Å². The van der Waals surface area contributed by atoms with Gasteiger partial charge in [0, 0.05) is 23.3 Å². The quantitative estimate of drug-likeness (QED) is 0.485. The number of hydrogen-bond acceptors (Lipinski definition) is 1. The van der Waals surface area contributed by atoms with E-state index >= 15 is 0 Å². The molecule has 0 amide bonds. The van der Waals surface area contributed by atoms with Gasteiger partial charge in [-0.25, -0.2) is 4.90 Å². The minimum Gasteiger partial charge on any atom is -1.00 e. The van der Waals surface area contributed by atoms with Crippen molar-refractivity contribution in [1.82, 2.24) is 0 Å². The van der Waals surface area contributed by atoms with Crippen molar-refractivity contribution < 1.29 is 38.2 Å². The van der Waals surface area contributed by atoms with Gasteiger partial charge in [-0.15, -0.1) is 0 Å². The minimum absolute atomic E-state index is 0. The summed E-state index contributed by atoms with van der Waals surface area (Å²) in [4.78, 5) is 2.78. The van der Waals surface area contributed by atoms with Gasteiger partial charge < -0.3 is 28.4 Å². The van der Waals surface area contributed by atoms with Gasteiger partial charge in [-0.3, -0.25) is 4.90 Å². The first kappa shape index (κ1) is 15.5. The van der Waals surface area contributed by atoms with Crippen molar-refractivity contribution >= 4 is 27.6 Å². The fraction of sp³-hybridized carbons (Fsp3) is 0.222. The van der Waals surface area contributed by atoms with Gasteiger partial charge in [-0.2, -0.15) is 0 Å². The van der Waals surface area contributed by atoms with Gasteiger partial charge in [-0.05, 0) is 19.1 Å². The molecule has 1 aliphatic heterocycles. The van der Waals surface area contributed by atoms with Gasteiger partial charge >= 0.3 is 0 Å². The number of hydrogen-bond donors (Lipinski definition) is 2. The van der Waals surface area contributed by atoms with Crippen LogP contribution >= 0.6 is 0 Å². The lowest BCUT2D eigenvalue weighted by atomic mass is 10.1. The smallest absolute Gasteiger partial charge is 0.223 e. The molecule has 0 saturated heterocycles. The monoisotopic (exact) mass is 407 g/mol. The molecule has 0 saturated carbocycles. The number of nitrogens with one attached hydrogen (secondary N) is 2. The van der Waals surface area contributed by atoms with Crippen LogP contribution in [0.2, 0.25) is 0 Å². The van der Waals surface area contributed by atoms with E-state index in [0.29, 0.717) is 6.17 Å². The topological polar surface area (TPSA) is 22.0 Å². The Balaban J connectivity index is 0.00000144. The number of fused-ring (bicyclic) bond motifs is 3. The predicted octanol–water partition coefficient (Wildman–Crippen LogP) is -1.24. The molecule has 0 aliphatic carbocycles. The molecule has 1 aliphatic rings. The van der Waals surface area contributed by atoms with E-state index in [4.69, 9.17) is 4.42 Å². The zero-order valence-corrected chi connectivity index (χ0v) is 15.1. The first-order valence-electron chi connectivity index (χ1n) is 7.46. The molecule has 1 aromatic heterocycles. The Bertz CT molecular complexity index is 868. The second-order valence-corrected chi connectivity index (χ2v) is 5.99. The molecule has 2 N–H and O–H groups in total. The van der Waals surface area contributed by atoms with E-state index in [9.17, 15) is 0 Å². The fourth-order valence-corrected chi connectivity index (χ4v) is 3.30. The van der Waals surface area contributed by atoms with Crippen LogP contribution in [0.25, 0.3) is 21.9 Å². The molecule has 0 bridgehead atoms. The maximum atomic E-state index is 6.20. The first-order chi connectivity index (χ1) is 10.2. The van der Waals surface area contributed by atoms with Crippen molar-refractivity contribution in [1.29, 1.82) is 0 Å².